The van der Waals surface area contributed by atoms with Gasteiger partial charge in [-0.05, 0) is 30.3 Å². The van der Waals surface area contributed by atoms with Gasteiger partial charge in [0.25, 0.3) is 9.84 Å². The number of pyridine rings is 1. The number of sulfone groups is 2. The molecule has 0 aliphatic heterocycles. The minimum absolute atomic E-state index is 0.0170. The van der Waals surface area contributed by atoms with Crippen molar-refractivity contribution in [1.82, 2.24) is 9.97 Å². The van der Waals surface area contributed by atoms with Crippen molar-refractivity contribution in [3.63, 3.8) is 0 Å². The highest BCUT2D eigenvalue weighted by atomic mass is 32.2. The maximum atomic E-state index is 12.7. The summed E-state index contributed by atoms with van der Waals surface area (Å²) in [6.07, 6.45) is 1.30. The van der Waals surface area contributed by atoms with Crippen LogP contribution in [0.3, 0.4) is 0 Å². The highest BCUT2D eigenvalue weighted by Crippen LogP contribution is 2.33. The largest absolute Gasteiger partial charge is 0.501 e. The molecule has 7 nitrogen and oxygen atoms in total. The monoisotopic (exact) mass is 420 g/mol. The van der Waals surface area contributed by atoms with Crippen LogP contribution in [0.25, 0.3) is 22.7 Å². The fraction of sp³-hybridized carbons (Fsp3) is 0.200. The van der Waals surface area contributed by atoms with Gasteiger partial charge >= 0.3 is 5.51 Å². The number of halogens is 3. The van der Waals surface area contributed by atoms with E-state index in [9.17, 15) is 30.0 Å². The zero-order valence-corrected chi connectivity index (χ0v) is 15.2. The lowest BCUT2D eigenvalue weighted by atomic mass is 10.3. The number of benzene rings is 1. The van der Waals surface area contributed by atoms with Crippen LogP contribution in [-0.2, 0) is 19.7 Å². The third-order valence-corrected chi connectivity index (χ3v) is 6.91. The van der Waals surface area contributed by atoms with Crippen molar-refractivity contribution in [2.45, 2.75) is 22.2 Å². The van der Waals surface area contributed by atoms with Crippen LogP contribution in [0.5, 0.6) is 0 Å². The minimum Gasteiger partial charge on any atom is -0.435 e. The highest BCUT2D eigenvalue weighted by molar-refractivity contribution is 7.92. The lowest BCUT2D eigenvalue weighted by Crippen LogP contribution is -2.23. The van der Waals surface area contributed by atoms with Crippen molar-refractivity contribution in [3.8, 4) is 11.6 Å². The standard InChI is InChI=1S/C15H11F3N2O5S2/c1-2-26(21,22)12-4-3-7-19-13(12)14-20-10-8-9(5-6-11(10)25-14)27(23,24)15(16,17)18/h3-8H,2H2,1H3. The van der Waals surface area contributed by atoms with E-state index in [1.54, 1.807) is 0 Å². The topological polar surface area (TPSA) is 107 Å². The first kappa shape index (κ1) is 19.3. The van der Waals surface area contributed by atoms with Gasteiger partial charge < -0.3 is 4.42 Å². The van der Waals surface area contributed by atoms with Gasteiger partial charge in [0.2, 0.25) is 5.89 Å². The molecule has 2 heterocycles. The van der Waals surface area contributed by atoms with Gasteiger partial charge in [-0.2, -0.15) is 13.2 Å². The van der Waals surface area contributed by atoms with Crippen LogP contribution in [0, 0.1) is 0 Å². The zero-order chi connectivity index (χ0) is 20.0. The molecule has 0 saturated heterocycles. The van der Waals surface area contributed by atoms with Gasteiger partial charge in [0, 0.05) is 6.20 Å². The first-order valence-corrected chi connectivity index (χ1v) is 10.5. The second-order valence-electron chi connectivity index (χ2n) is 5.35. The summed E-state index contributed by atoms with van der Waals surface area (Å²) in [4.78, 5) is 6.71. The first-order valence-electron chi connectivity index (χ1n) is 7.37. The number of hydrogen-bond acceptors (Lipinski definition) is 7. The van der Waals surface area contributed by atoms with Gasteiger partial charge in [0.15, 0.2) is 15.4 Å². The average Bonchev–Trinajstić information content (AvgIpc) is 3.04. The predicted octanol–water partition coefficient (Wildman–Crippen LogP) is 2.98. The molecule has 0 atom stereocenters. The molecule has 0 saturated carbocycles. The smallest absolute Gasteiger partial charge is 0.435 e. The summed E-state index contributed by atoms with van der Waals surface area (Å²) < 4.78 is 90.9. The molecule has 0 spiro atoms. The van der Waals surface area contributed by atoms with Crippen molar-refractivity contribution in [3.05, 3.63) is 36.5 Å². The molecule has 0 unspecified atom stereocenters. The molecule has 0 amide bonds. The van der Waals surface area contributed by atoms with Gasteiger partial charge in [0.1, 0.15) is 11.2 Å². The molecule has 27 heavy (non-hydrogen) atoms. The van der Waals surface area contributed by atoms with Crippen molar-refractivity contribution in [2.24, 2.45) is 0 Å². The van der Waals surface area contributed by atoms with Crippen molar-refractivity contribution >= 4 is 30.8 Å². The van der Waals surface area contributed by atoms with Crippen molar-refractivity contribution in [2.75, 3.05) is 5.75 Å². The quantitative estimate of drug-likeness (QED) is 0.639. The van der Waals surface area contributed by atoms with E-state index in [2.05, 4.69) is 9.97 Å². The number of rotatable bonds is 4. The highest BCUT2D eigenvalue weighted by Gasteiger charge is 2.47. The summed E-state index contributed by atoms with van der Waals surface area (Å²) in [5.74, 6) is -0.459. The third-order valence-electron chi connectivity index (χ3n) is 3.66. The molecular weight excluding hydrogens is 409 g/mol. The van der Waals surface area contributed by atoms with Crippen molar-refractivity contribution in [1.29, 1.82) is 0 Å². The lowest BCUT2D eigenvalue weighted by molar-refractivity contribution is -0.0435. The minimum atomic E-state index is -5.55. The molecule has 3 rings (SSSR count). The van der Waals surface area contributed by atoms with E-state index in [0.29, 0.717) is 6.07 Å². The summed E-state index contributed by atoms with van der Waals surface area (Å²) in [6.45, 7) is 1.44. The van der Waals surface area contributed by atoms with Crippen molar-refractivity contribution < 1.29 is 34.4 Å². The fourth-order valence-corrected chi connectivity index (χ4v) is 4.08. The molecule has 144 valence electrons. The van der Waals surface area contributed by atoms with Gasteiger partial charge in [0.05, 0.1) is 15.5 Å². The normalized spacial score (nSPS) is 13.2. The van der Waals surface area contributed by atoms with E-state index in [4.69, 9.17) is 4.42 Å². The third kappa shape index (κ3) is 3.30. The Kier molecular flexibility index (Phi) is 4.50. The SMILES string of the molecule is CCS(=O)(=O)c1cccnc1-c1nc2cc(S(=O)(=O)C(F)(F)F)ccc2o1. The molecule has 0 N–H and O–H groups in total. The number of nitrogens with zero attached hydrogens (tertiary/aromatic N) is 2. The summed E-state index contributed by atoms with van der Waals surface area (Å²) in [5.41, 5.74) is -5.77. The van der Waals surface area contributed by atoms with Gasteiger partial charge in [-0.1, -0.05) is 6.92 Å². The molecule has 3 aromatic rings. The summed E-state index contributed by atoms with van der Waals surface area (Å²) in [7, 11) is -9.22. The Morgan fingerprint density at radius 2 is 1.81 bits per heavy atom. The molecule has 0 aliphatic carbocycles. The van der Waals surface area contributed by atoms with Crippen LogP contribution in [-0.4, -0.2) is 38.1 Å². The molecule has 0 bridgehead atoms. The van der Waals surface area contributed by atoms with Crippen LogP contribution in [0.2, 0.25) is 0 Å². The average molecular weight is 420 g/mol. The second kappa shape index (κ2) is 6.30. The Morgan fingerprint density at radius 1 is 1.11 bits per heavy atom. The maximum Gasteiger partial charge on any atom is 0.501 e. The van der Waals surface area contributed by atoms with Crippen LogP contribution in [0.4, 0.5) is 13.2 Å². The Labute approximate surface area is 151 Å². The summed E-state index contributed by atoms with van der Waals surface area (Å²) in [6, 6.07) is 5.17. The van der Waals surface area contributed by atoms with Crippen LogP contribution < -0.4 is 0 Å². The number of fused-ring (bicyclic) bond motifs is 1. The second-order valence-corrected chi connectivity index (χ2v) is 9.54. The van der Waals surface area contributed by atoms with E-state index < -0.39 is 30.1 Å². The fourth-order valence-electron chi connectivity index (χ4n) is 2.27. The van der Waals surface area contributed by atoms with Gasteiger partial charge in [-0.15, -0.1) is 0 Å². The maximum absolute atomic E-state index is 12.7. The van der Waals surface area contributed by atoms with Crippen LogP contribution in [0.15, 0.2) is 50.7 Å². The number of aromatic nitrogens is 2. The van der Waals surface area contributed by atoms with E-state index in [1.165, 1.54) is 25.3 Å². The van der Waals surface area contributed by atoms with E-state index in [1.807, 2.05) is 0 Å². The Hall–Kier alpha value is -2.47. The predicted molar refractivity (Wildman–Crippen MR) is 88.2 cm³/mol. The molecule has 1 aromatic carbocycles. The van der Waals surface area contributed by atoms with E-state index in [-0.39, 0.29) is 33.3 Å². The van der Waals surface area contributed by atoms with E-state index >= 15 is 0 Å². The summed E-state index contributed by atoms with van der Waals surface area (Å²) in [5, 5.41) is 0. The Balaban J connectivity index is 2.18. The Bertz CT molecular complexity index is 1230. The molecule has 2 aromatic heterocycles. The van der Waals surface area contributed by atoms with Gasteiger partial charge in [-0.25, -0.2) is 26.8 Å². The zero-order valence-electron chi connectivity index (χ0n) is 13.6. The lowest BCUT2D eigenvalue weighted by Gasteiger charge is -2.07. The molecule has 12 heteroatoms. The number of alkyl halides is 3. The first-order chi connectivity index (χ1) is 12.5. The molecular formula is C15H11F3N2O5S2. The Morgan fingerprint density at radius 3 is 2.44 bits per heavy atom. The molecule has 0 radical (unpaired) electrons. The van der Waals surface area contributed by atoms with E-state index in [0.717, 1.165) is 12.1 Å². The van der Waals surface area contributed by atoms with Crippen LogP contribution in [0.1, 0.15) is 6.92 Å². The number of hydrogen-bond donors (Lipinski definition) is 0. The van der Waals surface area contributed by atoms with Gasteiger partial charge in [-0.3, -0.25) is 0 Å². The summed E-state index contributed by atoms with van der Waals surface area (Å²) >= 11 is 0. The van der Waals surface area contributed by atoms with Crippen LogP contribution >= 0.6 is 0 Å². The molecule has 0 aliphatic rings. The molecule has 0 fully saturated rings. The number of oxazole rings is 1.